The SMILES string of the molecule is CC1SC(c2cc(N=Nc3nc4ccccc4s3)ccc2O)N(c2cc(O)ccc2N=Nc2ccccc2[N+](=O)[O-])C1=O. The molecule has 0 radical (unpaired) electrons. The number of anilines is 1. The van der Waals surface area contributed by atoms with Crippen molar-refractivity contribution in [1.82, 2.24) is 4.98 Å². The van der Waals surface area contributed by atoms with Gasteiger partial charge in [-0.2, -0.15) is 0 Å². The van der Waals surface area contributed by atoms with E-state index in [1.807, 2.05) is 24.3 Å². The molecule has 1 aliphatic heterocycles. The van der Waals surface area contributed by atoms with E-state index in [0.29, 0.717) is 16.4 Å². The molecule has 12 nitrogen and oxygen atoms in total. The van der Waals surface area contributed by atoms with Crippen LogP contribution in [0, 0.1) is 10.1 Å². The van der Waals surface area contributed by atoms with Crippen LogP contribution in [-0.2, 0) is 4.79 Å². The number of aromatic nitrogens is 1. The van der Waals surface area contributed by atoms with Gasteiger partial charge in [0.05, 0.1) is 31.8 Å². The Kier molecular flexibility index (Phi) is 7.52. The van der Waals surface area contributed by atoms with Crippen molar-refractivity contribution in [3.8, 4) is 11.5 Å². The number of phenolic OH excluding ortho intramolecular Hbond substituents is 2. The quantitative estimate of drug-likeness (QED) is 0.105. The minimum atomic E-state index is -0.720. The van der Waals surface area contributed by atoms with Crippen molar-refractivity contribution < 1.29 is 19.9 Å². The summed E-state index contributed by atoms with van der Waals surface area (Å²) in [6, 6.07) is 22.5. The van der Waals surface area contributed by atoms with Crippen LogP contribution in [0.5, 0.6) is 11.5 Å². The standard InChI is InChI=1S/C29H21N7O5S2/c1-16-27(39)35(24-15-18(37)11-12-21(24)33-32-20-6-2-4-8-23(20)36(40)41)28(42-16)19-14-17(10-13-25(19)38)31-34-29-30-22-7-3-5-9-26(22)43-29/h2-16,28,37-38H,1H3. The van der Waals surface area contributed by atoms with Crippen molar-refractivity contribution in [1.29, 1.82) is 0 Å². The fourth-order valence-electron chi connectivity index (χ4n) is 4.49. The van der Waals surface area contributed by atoms with Gasteiger partial charge in [0.2, 0.25) is 11.0 Å². The minimum absolute atomic E-state index is 0.0300. The van der Waals surface area contributed by atoms with Gasteiger partial charge in [-0.3, -0.25) is 19.8 Å². The van der Waals surface area contributed by atoms with E-state index >= 15 is 0 Å². The number of thioether (sulfide) groups is 1. The second kappa shape index (κ2) is 11.6. The van der Waals surface area contributed by atoms with Crippen LogP contribution in [0.1, 0.15) is 17.9 Å². The summed E-state index contributed by atoms with van der Waals surface area (Å²) in [6.07, 6.45) is 0. The van der Waals surface area contributed by atoms with E-state index in [-0.39, 0.29) is 40.2 Å². The predicted molar refractivity (Wildman–Crippen MR) is 165 cm³/mol. The second-order valence-electron chi connectivity index (χ2n) is 9.37. The fraction of sp³-hybridized carbons (Fsp3) is 0.103. The lowest BCUT2D eigenvalue weighted by Crippen LogP contribution is -2.30. The smallest absolute Gasteiger partial charge is 0.296 e. The van der Waals surface area contributed by atoms with Gasteiger partial charge in [0.1, 0.15) is 22.6 Å². The van der Waals surface area contributed by atoms with Gasteiger partial charge in [-0.15, -0.1) is 32.2 Å². The summed E-state index contributed by atoms with van der Waals surface area (Å²) < 4.78 is 0.981. The summed E-state index contributed by atoms with van der Waals surface area (Å²) in [7, 11) is 0. The molecule has 2 atom stereocenters. The number of azo groups is 2. The van der Waals surface area contributed by atoms with E-state index in [1.165, 1.54) is 70.5 Å². The highest BCUT2D eigenvalue weighted by atomic mass is 32.2. The Morgan fingerprint density at radius 1 is 0.907 bits per heavy atom. The van der Waals surface area contributed by atoms with E-state index in [1.54, 1.807) is 25.1 Å². The molecule has 5 aromatic rings. The van der Waals surface area contributed by atoms with Crippen LogP contribution in [0.2, 0.25) is 0 Å². The Morgan fingerprint density at radius 3 is 2.49 bits per heavy atom. The second-order valence-corrected chi connectivity index (χ2v) is 11.8. The number of rotatable bonds is 7. The molecule has 0 aliphatic carbocycles. The van der Waals surface area contributed by atoms with Gasteiger partial charge in [0, 0.05) is 17.7 Å². The number of carbonyl (C=O) groups excluding carboxylic acids is 1. The zero-order chi connectivity index (χ0) is 30.1. The van der Waals surface area contributed by atoms with Gasteiger partial charge in [0.15, 0.2) is 5.69 Å². The lowest BCUT2D eigenvalue weighted by molar-refractivity contribution is -0.384. The van der Waals surface area contributed by atoms with Crippen LogP contribution < -0.4 is 4.90 Å². The molecular formula is C29H21N7O5S2. The topological polar surface area (TPSA) is 166 Å². The Labute approximate surface area is 252 Å². The van der Waals surface area contributed by atoms with E-state index < -0.39 is 15.5 Å². The molecule has 214 valence electrons. The average molecular weight is 612 g/mol. The van der Waals surface area contributed by atoms with Gasteiger partial charge in [-0.05, 0) is 55.5 Å². The number of phenols is 2. The summed E-state index contributed by atoms with van der Waals surface area (Å²) in [4.78, 5) is 30.3. The number of nitro groups is 1. The molecule has 1 aromatic heterocycles. The van der Waals surface area contributed by atoms with E-state index in [2.05, 4.69) is 25.4 Å². The Balaban J connectivity index is 1.37. The van der Waals surface area contributed by atoms with Crippen LogP contribution in [0.4, 0.5) is 33.6 Å². The number of benzene rings is 4. The number of thiazole rings is 1. The van der Waals surface area contributed by atoms with E-state index in [9.17, 15) is 25.1 Å². The normalized spacial score (nSPS) is 17.0. The van der Waals surface area contributed by atoms with Gasteiger partial charge in [0.25, 0.3) is 5.69 Å². The lowest BCUT2D eigenvalue weighted by Gasteiger charge is -2.26. The Hall–Kier alpha value is -5.21. The summed E-state index contributed by atoms with van der Waals surface area (Å²) in [5.41, 5.74) is 1.86. The molecule has 2 N–H and O–H groups in total. The molecule has 2 unspecified atom stereocenters. The molecule has 6 rings (SSSR count). The molecule has 0 bridgehead atoms. The maximum Gasteiger partial charge on any atom is 0.296 e. The van der Waals surface area contributed by atoms with Crippen molar-refractivity contribution in [2.24, 2.45) is 20.5 Å². The minimum Gasteiger partial charge on any atom is -0.508 e. The zero-order valence-corrected chi connectivity index (χ0v) is 23.9. The highest BCUT2D eigenvalue weighted by molar-refractivity contribution is 8.01. The number of hydrogen-bond donors (Lipinski definition) is 2. The third-order valence-electron chi connectivity index (χ3n) is 6.53. The predicted octanol–water partition coefficient (Wildman–Crippen LogP) is 8.61. The largest absolute Gasteiger partial charge is 0.508 e. The number of fused-ring (bicyclic) bond motifs is 1. The van der Waals surface area contributed by atoms with Crippen molar-refractivity contribution in [3.05, 3.63) is 101 Å². The number of para-hydroxylation sites is 2. The Morgan fingerprint density at radius 2 is 1.67 bits per heavy atom. The highest BCUT2D eigenvalue weighted by Crippen LogP contribution is 2.51. The molecule has 43 heavy (non-hydrogen) atoms. The highest BCUT2D eigenvalue weighted by Gasteiger charge is 2.42. The number of carbonyl (C=O) groups is 1. The van der Waals surface area contributed by atoms with Crippen LogP contribution in [0.3, 0.4) is 0 Å². The molecule has 1 saturated heterocycles. The molecule has 1 amide bonds. The maximum atomic E-state index is 13.5. The van der Waals surface area contributed by atoms with Crippen LogP contribution in [-0.4, -0.2) is 31.3 Å². The summed E-state index contributed by atoms with van der Waals surface area (Å²) in [6.45, 7) is 1.74. The summed E-state index contributed by atoms with van der Waals surface area (Å²) in [5.74, 6) is -0.478. The molecule has 14 heteroatoms. The molecule has 0 saturated carbocycles. The maximum absolute atomic E-state index is 13.5. The van der Waals surface area contributed by atoms with Gasteiger partial charge in [-0.1, -0.05) is 35.6 Å². The molecule has 4 aromatic carbocycles. The first-order valence-corrected chi connectivity index (χ1v) is 14.6. The van der Waals surface area contributed by atoms with E-state index in [0.717, 1.165) is 10.2 Å². The van der Waals surface area contributed by atoms with Gasteiger partial charge in [-0.25, -0.2) is 4.98 Å². The molecule has 1 aliphatic rings. The number of nitrogens with zero attached hydrogens (tertiary/aromatic N) is 7. The zero-order valence-electron chi connectivity index (χ0n) is 22.3. The molecular weight excluding hydrogens is 590 g/mol. The third-order valence-corrected chi connectivity index (χ3v) is 8.78. The first-order chi connectivity index (χ1) is 20.8. The van der Waals surface area contributed by atoms with Crippen molar-refractivity contribution in [2.75, 3.05) is 4.90 Å². The third kappa shape index (κ3) is 5.65. The monoisotopic (exact) mass is 611 g/mol. The number of nitro benzene ring substituents is 1. The lowest BCUT2D eigenvalue weighted by atomic mass is 10.1. The van der Waals surface area contributed by atoms with Crippen LogP contribution in [0.25, 0.3) is 10.2 Å². The fourth-order valence-corrected chi connectivity index (χ4v) is 6.57. The number of hydrogen-bond acceptors (Lipinski definition) is 12. The van der Waals surface area contributed by atoms with Gasteiger partial charge < -0.3 is 10.2 Å². The van der Waals surface area contributed by atoms with Crippen molar-refractivity contribution in [3.63, 3.8) is 0 Å². The summed E-state index contributed by atoms with van der Waals surface area (Å²) in [5, 5.41) is 48.8. The van der Waals surface area contributed by atoms with Crippen LogP contribution in [0.15, 0.2) is 105 Å². The molecule has 2 heterocycles. The van der Waals surface area contributed by atoms with Crippen LogP contribution >= 0.6 is 23.1 Å². The first kappa shape index (κ1) is 27.9. The number of amides is 1. The van der Waals surface area contributed by atoms with Gasteiger partial charge >= 0.3 is 0 Å². The Bertz CT molecular complexity index is 1910. The molecule has 1 fully saturated rings. The number of aromatic hydroxyl groups is 2. The van der Waals surface area contributed by atoms with Crippen molar-refractivity contribution in [2.45, 2.75) is 17.5 Å². The van der Waals surface area contributed by atoms with E-state index in [4.69, 9.17) is 0 Å². The average Bonchev–Trinajstić information content (AvgIpc) is 3.55. The first-order valence-electron chi connectivity index (χ1n) is 12.9. The summed E-state index contributed by atoms with van der Waals surface area (Å²) >= 11 is 2.69. The molecule has 0 spiro atoms. The van der Waals surface area contributed by atoms with Crippen molar-refractivity contribution >= 4 is 72.8 Å².